The molecule has 0 saturated heterocycles. The Morgan fingerprint density at radius 3 is 2.83 bits per heavy atom. The van der Waals surface area contributed by atoms with Crippen LogP contribution in [0.15, 0.2) is 36.8 Å². The third kappa shape index (κ3) is 2.50. The van der Waals surface area contributed by atoms with Crippen LogP contribution < -0.4 is 5.32 Å². The number of nitriles is 1. The average Bonchev–Trinajstić information content (AvgIpc) is 2.39. The first-order chi connectivity index (χ1) is 8.70. The molecule has 1 N–H and O–H groups in total. The van der Waals surface area contributed by atoms with Crippen molar-refractivity contribution in [3.63, 3.8) is 0 Å². The predicted molar refractivity (Wildman–Crippen MR) is 65.9 cm³/mol. The number of rotatable bonds is 2. The van der Waals surface area contributed by atoms with Gasteiger partial charge in [-0.1, -0.05) is 0 Å². The highest BCUT2D eigenvalue weighted by molar-refractivity contribution is 6.04. The fourth-order valence-electron chi connectivity index (χ4n) is 1.54. The summed E-state index contributed by atoms with van der Waals surface area (Å²) < 4.78 is 0. The molecule has 0 bridgehead atoms. The zero-order valence-electron chi connectivity index (χ0n) is 9.71. The quantitative estimate of drug-likeness (QED) is 0.866. The van der Waals surface area contributed by atoms with Crippen molar-refractivity contribution < 1.29 is 4.79 Å². The van der Waals surface area contributed by atoms with Crippen molar-refractivity contribution in [2.45, 2.75) is 6.92 Å². The van der Waals surface area contributed by atoms with Crippen LogP contribution in [0.25, 0.3) is 0 Å². The van der Waals surface area contributed by atoms with E-state index in [9.17, 15) is 4.79 Å². The molecular weight excluding hydrogens is 228 g/mol. The molecule has 88 valence electrons. The van der Waals surface area contributed by atoms with Gasteiger partial charge in [0.15, 0.2) is 5.82 Å². The molecule has 0 aliphatic rings. The number of hydrogen-bond acceptors (Lipinski definition) is 4. The number of aryl methyl sites for hydroxylation is 1. The molecule has 1 aromatic heterocycles. The fraction of sp³-hybridized carbons (Fsp3) is 0.0769. The molecule has 2 aromatic rings. The van der Waals surface area contributed by atoms with Crippen LogP contribution in [0.1, 0.15) is 21.5 Å². The first-order valence-corrected chi connectivity index (χ1v) is 5.29. The second kappa shape index (κ2) is 5.06. The zero-order valence-corrected chi connectivity index (χ0v) is 9.71. The summed E-state index contributed by atoms with van der Waals surface area (Å²) in [5.41, 5.74) is 1.79. The molecule has 1 heterocycles. The van der Waals surface area contributed by atoms with Gasteiger partial charge in [0.05, 0.1) is 17.8 Å². The van der Waals surface area contributed by atoms with Crippen LogP contribution in [0.2, 0.25) is 0 Å². The maximum Gasteiger partial charge on any atom is 0.257 e. The maximum absolute atomic E-state index is 12.0. The van der Waals surface area contributed by atoms with Crippen LogP contribution in [0.4, 0.5) is 5.82 Å². The number of hydrogen-bond donors (Lipinski definition) is 1. The van der Waals surface area contributed by atoms with Crippen LogP contribution >= 0.6 is 0 Å². The van der Waals surface area contributed by atoms with Crippen LogP contribution in [0, 0.1) is 18.3 Å². The molecule has 1 aromatic carbocycles. The Labute approximate surface area is 104 Å². The molecule has 5 nitrogen and oxygen atoms in total. The Morgan fingerprint density at radius 1 is 1.39 bits per heavy atom. The summed E-state index contributed by atoms with van der Waals surface area (Å²) >= 11 is 0. The first kappa shape index (κ1) is 11.7. The normalized spacial score (nSPS) is 9.56. The largest absolute Gasteiger partial charge is 0.305 e. The predicted octanol–water partition coefficient (Wildman–Crippen LogP) is 1.91. The van der Waals surface area contributed by atoms with Gasteiger partial charge in [-0.25, -0.2) is 4.98 Å². The molecule has 5 heteroatoms. The van der Waals surface area contributed by atoms with Gasteiger partial charge in [-0.05, 0) is 30.7 Å². The van der Waals surface area contributed by atoms with Gasteiger partial charge in [-0.2, -0.15) is 5.26 Å². The van der Waals surface area contributed by atoms with Gasteiger partial charge in [0.2, 0.25) is 0 Å². The highest BCUT2D eigenvalue weighted by atomic mass is 16.1. The van der Waals surface area contributed by atoms with Crippen molar-refractivity contribution in [1.29, 1.82) is 5.26 Å². The Bertz CT molecular complexity index is 617. The molecule has 0 aliphatic heterocycles. The fourth-order valence-corrected chi connectivity index (χ4v) is 1.54. The Balaban J connectivity index is 2.22. The van der Waals surface area contributed by atoms with Gasteiger partial charge in [0.1, 0.15) is 0 Å². The highest BCUT2D eigenvalue weighted by Gasteiger charge is 2.10. The zero-order chi connectivity index (χ0) is 13.0. The Hall–Kier alpha value is -2.74. The lowest BCUT2D eigenvalue weighted by atomic mass is 10.1. The van der Waals surface area contributed by atoms with Crippen molar-refractivity contribution in [2.24, 2.45) is 0 Å². The van der Waals surface area contributed by atoms with Crippen molar-refractivity contribution in [3.8, 4) is 6.07 Å². The lowest BCUT2D eigenvalue weighted by Gasteiger charge is -2.06. The maximum atomic E-state index is 12.0. The number of nitrogens with zero attached hydrogens (tertiary/aromatic N) is 3. The summed E-state index contributed by atoms with van der Waals surface area (Å²) in [6.07, 6.45) is 4.50. The molecule has 0 fully saturated rings. The third-order valence-corrected chi connectivity index (χ3v) is 2.40. The van der Waals surface area contributed by atoms with Gasteiger partial charge in [-0.3, -0.25) is 9.78 Å². The van der Waals surface area contributed by atoms with Crippen molar-refractivity contribution in [2.75, 3.05) is 5.32 Å². The molecule has 0 radical (unpaired) electrons. The molecule has 0 aliphatic carbocycles. The summed E-state index contributed by atoms with van der Waals surface area (Å²) in [5.74, 6) is 0.128. The molecule has 0 saturated carbocycles. The first-order valence-electron chi connectivity index (χ1n) is 5.29. The summed E-state index contributed by atoms with van der Waals surface area (Å²) in [6, 6.07) is 6.94. The number of carbonyl (C=O) groups excluding carboxylic acids is 1. The smallest absolute Gasteiger partial charge is 0.257 e. The molecule has 0 atom stereocenters. The van der Waals surface area contributed by atoms with E-state index in [0.717, 1.165) is 5.56 Å². The molecule has 0 spiro atoms. The molecule has 0 unspecified atom stereocenters. The summed E-state index contributed by atoms with van der Waals surface area (Å²) in [6.45, 7) is 1.78. The molecule has 1 amide bonds. The van der Waals surface area contributed by atoms with Gasteiger partial charge >= 0.3 is 0 Å². The van der Waals surface area contributed by atoms with Gasteiger partial charge in [0, 0.05) is 18.0 Å². The highest BCUT2D eigenvalue weighted by Crippen LogP contribution is 2.12. The minimum absolute atomic E-state index is 0.266. The second-order valence-corrected chi connectivity index (χ2v) is 3.69. The van der Waals surface area contributed by atoms with E-state index in [1.54, 1.807) is 25.1 Å². The summed E-state index contributed by atoms with van der Waals surface area (Å²) in [5, 5.41) is 11.4. The van der Waals surface area contributed by atoms with Crippen LogP contribution in [-0.2, 0) is 0 Å². The number of benzene rings is 1. The number of amides is 1. The van der Waals surface area contributed by atoms with Gasteiger partial charge in [0.25, 0.3) is 5.91 Å². The van der Waals surface area contributed by atoms with E-state index in [4.69, 9.17) is 5.26 Å². The summed E-state index contributed by atoms with van der Waals surface area (Å²) in [7, 11) is 0. The average molecular weight is 238 g/mol. The monoisotopic (exact) mass is 238 g/mol. The molecule has 2 rings (SSSR count). The Kier molecular flexibility index (Phi) is 3.30. The van der Waals surface area contributed by atoms with E-state index >= 15 is 0 Å². The molecular formula is C13H10N4O. The van der Waals surface area contributed by atoms with Crippen LogP contribution in [-0.4, -0.2) is 15.9 Å². The number of aromatic nitrogens is 2. The van der Waals surface area contributed by atoms with Crippen LogP contribution in [0.5, 0.6) is 0 Å². The number of anilines is 1. The van der Waals surface area contributed by atoms with Crippen molar-refractivity contribution >= 4 is 11.7 Å². The van der Waals surface area contributed by atoms with Crippen LogP contribution in [0.3, 0.4) is 0 Å². The number of carbonyl (C=O) groups is 1. The standard InChI is InChI=1S/C13H10N4O/c1-9-6-10(7-14)2-3-11(9)13(18)17-12-8-15-4-5-16-12/h2-6,8H,1H3,(H,16,17,18). The van der Waals surface area contributed by atoms with E-state index in [0.29, 0.717) is 16.9 Å². The van der Waals surface area contributed by atoms with Gasteiger partial charge < -0.3 is 5.32 Å². The lowest BCUT2D eigenvalue weighted by Crippen LogP contribution is -2.14. The number of nitrogens with one attached hydrogen (secondary N) is 1. The van der Waals surface area contributed by atoms with E-state index in [1.165, 1.54) is 18.6 Å². The SMILES string of the molecule is Cc1cc(C#N)ccc1C(=O)Nc1cnccn1. The minimum atomic E-state index is -0.266. The topological polar surface area (TPSA) is 78.7 Å². The minimum Gasteiger partial charge on any atom is -0.305 e. The van der Waals surface area contributed by atoms with Crippen molar-refractivity contribution in [3.05, 3.63) is 53.5 Å². The summed E-state index contributed by atoms with van der Waals surface area (Å²) in [4.78, 5) is 19.8. The lowest BCUT2D eigenvalue weighted by molar-refractivity contribution is 0.102. The van der Waals surface area contributed by atoms with E-state index in [-0.39, 0.29) is 5.91 Å². The molecule has 18 heavy (non-hydrogen) atoms. The van der Waals surface area contributed by atoms with Crippen molar-refractivity contribution in [1.82, 2.24) is 9.97 Å². The Morgan fingerprint density at radius 2 is 2.22 bits per heavy atom. The van der Waals surface area contributed by atoms with E-state index in [2.05, 4.69) is 15.3 Å². The van der Waals surface area contributed by atoms with E-state index < -0.39 is 0 Å². The van der Waals surface area contributed by atoms with Gasteiger partial charge in [-0.15, -0.1) is 0 Å². The third-order valence-electron chi connectivity index (χ3n) is 2.40. The second-order valence-electron chi connectivity index (χ2n) is 3.69. The van der Waals surface area contributed by atoms with E-state index in [1.807, 2.05) is 6.07 Å².